The van der Waals surface area contributed by atoms with E-state index < -0.39 is 7.92 Å². The summed E-state index contributed by atoms with van der Waals surface area (Å²) < 4.78 is 4.65. The van der Waals surface area contributed by atoms with Crippen molar-refractivity contribution in [3.05, 3.63) is 91.0 Å². The third-order valence-corrected chi connectivity index (χ3v) is 6.41. The van der Waals surface area contributed by atoms with Gasteiger partial charge in [0.25, 0.3) is 0 Å². The van der Waals surface area contributed by atoms with E-state index in [9.17, 15) is 0 Å². The Balaban J connectivity index is 0.000000295. The minimum absolute atomic E-state index is 0.778. The molecule has 135 valence electrons. The molecule has 0 amide bonds. The topological polar surface area (TPSA) is 21.6 Å². The molecule has 1 heterocycles. The van der Waals surface area contributed by atoms with Crippen LogP contribution in [0.25, 0.3) is 0 Å². The first-order valence-electron chi connectivity index (χ1n) is 8.21. The summed E-state index contributed by atoms with van der Waals surface area (Å²) in [6, 6.07) is 32.5. The molecule has 2 nitrogen and oxygen atoms in total. The first kappa shape index (κ1) is 20.8. The Kier molecular flexibility index (Phi) is 10.2. The molecule has 1 aliphatic heterocycles. The molecule has 0 radical (unpaired) electrons. The third kappa shape index (κ3) is 6.65. The fourth-order valence-corrected chi connectivity index (χ4v) is 5.16. The molecule has 0 N–H and O–H groups in total. The van der Waals surface area contributed by atoms with Crippen LogP contribution in [0.3, 0.4) is 0 Å². The average Bonchev–Trinajstić information content (AvgIpc) is 3.33. The van der Waals surface area contributed by atoms with E-state index in [2.05, 4.69) is 110 Å². The number of ether oxygens (including phenoxy) is 1. The van der Waals surface area contributed by atoms with E-state index >= 15 is 0 Å². The Bertz CT molecular complexity index is 657. The summed E-state index contributed by atoms with van der Waals surface area (Å²) >= 11 is 1.82. The predicted molar refractivity (Wildman–Crippen MR) is 112 cm³/mol. The Morgan fingerprint density at radius 1 is 0.692 bits per heavy atom. The van der Waals surface area contributed by atoms with Crippen molar-refractivity contribution in [2.45, 2.75) is 0 Å². The van der Waals surface area contributed by atoms with Crippen LogP contribution in [0.4, 0.5) is 0 Å². The molecule has 0 saturated carbocycles. The first-order chi connectivity index (χ1) is 12.9. The second-order valence-electron chi connectivity index (χ2n) is 5.36. The van der Waals surface area contributed by atoms with Gasteiger partial charge in [-0.25, -0.2) is 0 Å². The molecule has 0 aliphatic carbocycles. The Labute approximate surface area is 170 Å². The van der Waals surface area contributed by atoms with Gasteiger partial charge in [0, 0.05) is 0 Å². The molecule has 26 heavy (non-hydrogen) atoms. The number of aliphatic imine (C=N–C) groups is 1. The smallest absolute Gasteiger partial charge is 0.0620 e. The van der Waals surface area contributed by atoms with Gasteiger partial charge in [0.2, 0.25) is 0 Å². The van der Waals surface area contributed by atoms with E-state index in [1.165, 1.54) is 22.3 Å². The van der Waals surface area contributed by atoms with E-state index in [0.29, 0.717) is 0 Å². The van der Waals surface area contributed by atoms with Crippen molar-refractivity contribution in [3.8, 4) is 0 Å². The van der Waals surface area contributed by atoms with Gasteiger partial charge < -0.3 is 4.74 Å². The normalized spacial score (nSPS) is 11.7. The van der Waals surface area contributed by atoms with Gasteiger partial charge in [-0.1, -0.05) is 54.6 Å². The monoisotopic (exact) mass is 471 g/mol. The van der Waals surface area contributed by atoms with Crippen molar-refractivity contribution in [1.82, 2.24) is 0 Å². The van der Waals surface area contributed by atoms with Crippen LogP contribution < -0.4 is 15.9 Å². The molecule has 0 fully saturated rings. The van der Waals surface area contributed by atoms with Gasteiger partial charge in [0.15, 0.2) is 6.40 Å². The second kappa shape index (κ2) is 12.8. The molecular formula is C21H21ClNOPRu+. The summed E-state index contributed by atoms with van der Waals surface area (Å²) in [5.74, 6) is 0. The van der Waals surface area contributed by atoms with Crippen LogP contribution in [0.15, 0.2) is 96.0 Å². The minimum atomic E-state index is -0.877. The molecule has 3 aromatic carbocycles. The molecule has 1 aliphatic rings. The van der Waals surface area contributed by atoms with Crippen LogP contribution >= 0.6 is 17.6 Å². The SMILES string of the molecule is C1=NCCO1.[Cl][Ru].c1ccc([PH+](c2ccccc2)c2ccccc2)cc1. The zero-order valence-electron chi connectivity index (χ0n) is 14.2. The van der Waals surface area contributed by atoms with E-state index in [1.54, 1.807) is 0 Å². The van der Waals surface area contributed by atoms with Crippen LogP contribution in [0.5, 0.6) is 0 Å². The van der Waals surface area contributed by atoms with Crippen LogP contribution in [-0.4, -0.2) is 19.6 Å². The molecule has 5 heteroatoms. The molecule has 0 unspecified atom stereocenters. The number of nitrogens with zero attached hydrogens (tertiary/aromatic N) is 1. The molecule has 0 bridgehead atoms. The quantitative estimate of drug-likeness (QED) is 0.420. The van der Waals surface area contributed by atoms with Crippen molar-refractivity contribution in [1.29, 1.82) is 0 Å². The van der Waals surface area contributed by atoms with Crippen molar-refractivity contribution >= 4 is 39.9 Å². The Hall–Kier alpha value is -1.53. The average molecular weight is 471 g/mol. The maximum atomic E-state index is 4.65. The molecule has 0 atom stereocenters. The standard InChI is InChI=1S/C18H15P.C3H5NO.ClH.Ru/c1-4-10-16(11-5-1)19(17-12-6-2-7-13-17)18-14-8-3-9-15-18;1-2-5-3-4-1;;/h1-15H;3H,1-2H2;1H;/q;;;+1. The molecule has 4 rings (SSSR count). The molecule has 3 aromatic rings. The summed E-state index contributed by atoms with van der Waals surface area (Å²) in [5.41, 5.74) is 0. The fraction of sp³-hybridized carbons (Fsp3) is 0.0952. The van der Waals surface area contributed by atoms with Crippen molar-refractivity contribution in [3.63, 3.8) is 0 Å². The fourth-order valence-electron chi connectivity index (χ4n) is 2.58. The molecule has 0 spiro atoms. The van der Waals surface area contributed by atoms with Gasteiger partial charge >= 0.3 is 27.0 Å². The number of benzene rings is 3. The Morgan fingerprint density at radius 2 is 1.08 bits per heavy atom. The van der Waals surface area contributed by atoms with E-state index in [4.69, 9.17) is 0 Å². The zero-order valence-corrected chi connectivity index (χ0v) is 17.7. The molecule has 0 aromatic heterocycles. The maximum Gasteiger partial charge on any atom is 0.102 e. The van der Waals surface area contributed by atoms with E-state index in [0.717, 1.165) is 13.2 Å². The number of halogens is 1. The summed E-state index contributed by atoms with van der Waals surface area (Å²) in [6.07, 6.45) is 1.49. The summed E-state index contributed by atoms with van der Waals surface area (Å²) in [7, 11) is 3.69. The molecular weight excluding hydrogens is 450 g/mol. The van der Waals surface area contributed by atoms with Gasteiger partial charge in [-0.05, 0) is 36.4 Å². The van der Waals surface area contributed by atoms with Crippen LogP contribution in [0.1, 0.15) is 0 Å². The summed E-state index contributed by atoms with van der Waals surface area (Å²) in [4.78, 5) is 3.74. The maximum absolute atomic E-state index is 4.65. The predicted octanol–water partition coefficient (Wildman–Crippen LogP) is 3.91. The van der Waals surface area contributed by atoms with Crippen LogP contribution in [-0.2, 0) is 22.0 Å². The summed E-state index contributed by atoms with van der Waals surface area (Å²) in [5, 5.41) is 4.31. The Morgan fingerprint density at radius 3 is 1.31 bits per heavy atom. The number of rotatable bonds is 3. The van der Waals surface area contributed by atoms with Crippen molar-refractivity contribution in [2.24, 2.45) is 4.99 Å². The zero-order chi connectivity index (χ0) is 18.5. The van der Waals surface area contributed by atoms with Gasteiger partial charge in [-0.15, -0.1) is 0 Å². The van der Waals surface area contributed by atoms with Crippen LogP contribution in [0.2, 0.25) is 0 Å². The number of hydrogen-bond donors (Lipinski definition) is 0. The third-order valence-electron chi connectivity index (χ3n) is 3.67. The van der Waals surface area contributed by atoms with Gasteiger partial charge in [-0.3, -0.25) is 4.99 Å². The van der Waals surface area contributed by atoms with Crippen LogP contribution in [0, 0.1) is 0 Å². The van der Waals surface area contributed by atoms with Crippen molar-refractivity contribution < 1.29 is 22.0 Å². The van der Waals surface area contributed by atoms with Gasteiger partial charge in [0.05, 0.1) is 14.5 Å². The van der Waals surface area contributed by atoms with Crippen molar-refractivity contribution in [2.75, 3.05) is 13.2 Å². The molecule has 0 saturated heterocycles. The summed E-state index contributed by atoms with van der Waals surface area (Å²) in [6.45, 7) is 1.62. The van der Waals surface area contributed by atoms with E-state index in [-0.39, 0.29) is 0 Å². The number of hydrogen-bond acceptors (Lipinski definition) is 2. The van der Waals surface area contributed by atoms with Gasteiger partial charge in [-0.2, -0.15) is 0 Å². The second-order valence-corrected chi connectivity index (χ2v) is 7.84. The largest absolute Gasteiger partial charge is 0.102 e. The minimum Gasteiger partial charge on any atom is -0.0620 e. The van der Waals surface area contributed by atoms with Gasteiger partial charge in [0.1, 0.15) is 22.5 Å². The first-order valence-corrected chi connectivity index (χ1v) is 12.0. The van der Waals surface area contributed by atoms with E-state index in [1.807, 2.05) is 17.3 Å².